The lowest BCUT2D eigenvalue weighted by Crippen LogP contribution is -2.41. The second-order valence-electron chi connectivity index (χ2n) is 6.14. The lowest BCUT2D eigenvalue weighted by atomic mass is 9.78. The normalized spacial score (nSPS) is 20.9. The van der Waals surface area contributed by atoms with Gasteiger partial charge in [0.1, 0.15) is 0 Å². The first-order valence-corrected chi connectivity index (χ1v) is 7.41. The van der Waals surface area contributed by atoms with Gasteiger partial charge >= 0.3 is 7.12 Å². The maximum absolute atomic E-state index is 13.3. The number of halogens is 2. The summed E-state index contributed by atoms with van der Waals surface area (Å²) in [6, 6.07) is 3.75. The molecule has 0 bridgehead atoms. The molecule has 0 aromatic heterocycles. The molecule has 0 saturated carbocycles. The highest BCUT2D eigenvalue weighted by molar-refractivity contribution is 7.80. The number of benzene rings is 1. The molecule has 1 saturated heterocycles. The van der Waals surface area contributed by atoms with Crippen molar-refractivity contribution in [2.75, 3.05) is 5.75 Å². The third-order valence-electron chi connectivity index (χ3n) is 4.03. The van der Waals surface area contributed by atoms with Crippen LogP contribution in [0.4, 0.5) is 8.78 Å². The van der Waals surface area contributed by atoms with Crippen molar-refractivity contribution < 1.29 is 18.1 Å². The van der Waals surface area contributed by atoms with E-state index in [1.165, 1.54) is 6.07 Å². The molecule has 0 spiro atoms. The summed E-state index contributed by atoms with van der Waals surface area (Å²) in [4.78, 5) is 0. The molecule has 0 N–H and O–H groups in total. The molecular formula is C15H19BF2O2S. The molecule has 0 radical (unpaired) electrons. The Bertz CT molecular complexity index is 557. The van der Waals surface area contributed by atoms with E-state index in [4.69, 9.17) is 9.31 Å². The van der Waals surface area contributed by atoms with E-state index in [0.717, 1.165) is 17.6 Å². The van der Waals surface area contributed by atoms with Gasteiger partial charge in [0.25, 0.3) is 0 Å². The Labute approximate surface area is 130 Å². The van der Waals surface area contributed by atoms with E-state index in [1.54, 1.807) is 6.08 Å². The lowest BCUT2D eigenvalue weighted by Gasteiger charge is -2.32. The molecule has 1 fully saturated rings. The van der Waals surface area contributed by atoms with Crippen LogP contribution >= 0.6 is 12.6 Å². The van der Waals surface area contributed by atoms with Gasteiger partial charge in [0.05, 0.1) is 11.2 Å². The summed E-state index contributed by atoms with van der Waals surface area (Å²) in [6.07, 6.45) is 1.72. The predicted octanol–water partition coefficient (Wildman–Crippen LogP) is 3.91. The van der Waals surface area contributed by atoms with E-state index < -0.39 is 30.0 Å². The summed E-state index contributed by atoms with van der Waals surface area (Å²) < 4.78 is 38.1. The van der Waals surface area contributed by atoms with Gasteiger partial charge in [-0.1, -0.05) is 12.1 Å². The van der Waals surface area contributed by atoms with Crippen LogP contribution in [-0.2, 0) is 9.31 Å². The topological polar surface area (TPSA) is 18.5 Å². The fourth-order valence-corrected chi connectivity index (χ4v) is 2.24. The maximum Gasteiger partial charge on any atom is 0.491 e. The lowest BCUT2D eigenvalue weighted by molar-refractivity contribution is 0.00578. The van der Waals surface area contributed by atoms with Crippen LogP contribution in [0, 0.1) is 11.6 Å². The highest BCUT2D eigenvalue weighted by Gasteiger charge is 2.52. The van der Waals surface area contributed by atoms with Crippen LogP contribution in [0.25, 0.3) is 6.08 Å². The van der Waals surface area contributed by atoms with Gasteiger partial charge in [0.2, 0.25) is 0 Å². The molecule has 0 amide bonds. The van der Waals surface area contributed by atoms with Crippen molar-refractivity contribution in [1.29, 1.82) is 0 Å². The Kier molecular flexibility index (Phi) is 4.52. The van der Waals surface area contributed by atoms with Crippen LogP contribution in [0.3, 0.4) is 0 Å². The van der Waals surface area contributed by atoms with Crippen molar-refractivity contribution in [3.05, 3.63) is 40.9 Å². The number of hydrogen-bond acceptors (Lipinski definition) is 3. The summed E-state index contributed by atoms with van der Waals surface area (Å²) in [5.74, 6) is -1.35. The first kappa shape index (κ1) is 16.5. The van der Waals surface area contributed by atoms with E-state index in [1.807, 2.05) is 27.7 Å². The van der Waals surface area contributed by atoms with E-state index in [2.05, 4.69) is 12.6 Å². The standard InChI is InChI=1S/C15H19BF2O2S/c1-14(2)15(3,4)20-16(19-14)11(9-21)7-10-5-6-12(17)13(18)8-10/h5-8,21H,9H2,1-4H3. The average Bonchev–Trinajstić information content (AvgIpc) is 2.59. The molecule has 1 aromatic rings. The molecule has 1 heterocycles. The molecular weight excluding hydrogens is 293 g/mol. The molecule has 0 aliphatic carbocycles. The molecule has 21 heavy (non-hydrogen) atoms. The van der Waals surface area contributed by atoms with Crippen molar-refractivity contribution >= 4 is 25.8 Å². The highest BCUT2D eigenvalue weighted by Crippen LogP contribution is 2.39. The van der Waals surface area contributed by atoms with Gasteiger partial charge in [0, 0.05) is 5.75 Å². The Morgan fingerprint density at radius 2 is 1.71 bits per heavy atom. The Hall–Kier alpha value is -0.845. The van der Waals surface area contributed by atoms with Gasteiger partial charge in [-0.3, -0.25) is 0 Å². The zero-order valence-corrected chi connectivity index (χ0v) is 13.5. The van der Waals surface area contributed by atoms with Gasteiger partial charge < -0.3 is 9.31 Å². The van der Waals surface area contributed by atoms with E-state index in [0.29, 0.717) is 11.3 Å². The Morgan fingerprint density at radius 3 is 2.19 bits per heavy atom. The van der Waals surface area contributed by atoms with Crippen LogP contribution < -0.4 is 0 Å². The quantitative estimate of drug-likeness (QED) is 0.674. The van der Waals surface area contributed by atoms with E-state index in [-0.39, 0.29) is 0 Å². The van der Waals surface area contributed by atoms with Crippen LogP contribution in [-0.4, -0.2) is 24.1 Å². The second-order valence-corrected chi connectivity index (χ2v) is 6.46. The minimum absolute atomic E-state index is 0.399. The molecule has 114 valence electrons. The van der Waals surface area contributed by atoms with Gasteiger partial charge in [-0.15, -0.1) is 0 Å². The van der Waals surface area contributed by atoms with Crippen LogP contribution in [0.15, 0.2) is 23.7 Å². The highest BCUT2D eigenvalue weighted by atomic mass is 32.1. The zero-order valence-electron chi connectivity index (χ0n) is 12.6. The number of thiol groups is 1. The van der Waals surface area contributed by atoms with Crippen molar-refractivity contribution in [1.82, 2.24) is 0 Å². The fourth-order valence-electron chi connectivity index (χ4n) is 2.00. The molecule has 0 atom stereocenters. The Balaban J connectivity index is 2.28. The minimum atomic E-state index is -0.879. The summed E-state index contributed by atoms with van der Waals surface area (Å²) in [5, 5.41) is 0. The van der Waals surface area contributed by atoms with Crippen LogP contribution in [0.1, 0.15) is 33.3 Å². The van der Waals surface area contributed by atoms with Gasteiger partial charge in [0.15, 0.2) is 11.6 Å². The molecule has 1 aliphatic rings. The molecule has 2 rings (SSSR count). The first-order chi connectivity index (χ1) is 9.66. The Morgan fingerprint density at radius 1 is 1.14 bits per heavy atom. The van der Waals surface area contributed by atoms with E-state index in [9.17, 15) is 8.78 Å². The van der Waals surface area contributed by atoms with Crippen molar-refractivity contribution in [3.8, 4) is 0 Å². The first-order valence-electron chi connectivity index (χ1n) is 6.78. The zero-order chi connectivity index (χ0) is 15.8. The van der Waals surface area contributed by atoms with Crippen LogP contribution in [0.2, 0.25) is 0 Å². The van der Waals surface area contributed by atoms with Gasteiger partial charge in [-0.2, -0.15) is 12.6 Å². The maximum atomic E-state index is 13.3. The molecule has 6 heteroatoms. The summed E-state index contributed by atoms with van der Waals surface area (Å²) in [6.45, 7) is 7.84. The SMILES string of the molecule is CC1(C)OB(C(=Cc2ccc(F)c(F)c2)CS)OC1(C)C. The molecule has 2 nitrogen and oxygen atoms in total. The third-order valence-corrected chi connectivity index (χ3v) is 4.40. The molecule has 0 unspecified atom stereocenters. The number of rotatable bonds is 3. The summed E-state index contributed by atoms with van der Waals surface area (Å²) in [5.41, 5.74) is 0.414. The van der Waals surface area contributed by atoms with Crippen molar-refractivity contribution in [2.45, 2.75) is 38.9 Å². The largest absolute Gasteiger partial charge is 0.491 e. The minimum Gasteiger partial charge on any atom is -0.400 e. The molecule has 1 aromatic carbocycles. The predicted molar refractivity (Wildman–Crippen MR) is 84.3 cm³/mol. The van der Waals surface area contributed by atoms with Gasteiger partial charge in [-0.05, 0) is 50.9 Å². The fraction of sp³-hybridized carbons (Fsp3) is 0.467. The third kappa shape index (κ3) is 3.33. The monoisotopic (exact) mass is 312 g/mol. The van der Waals surface area contributed by atoms with Crippen molar-refractivity contribution in [2.24, 2.45) is 0 Å². The van der Waals surface area contributed by atoms with Gasteiger partial charge in [-0.25, -0.2) is 8.78 Å². The number of hydrogen-bond donors (Lipinski definition) is 1. The smallest absolute Gasteiger partial charge is 0.400 e. The van der Waals surface area contributed by atoms with Crippen molar-refractivity contribution in [3.63, 3.8) is 0 Å². The summed E-state index contributed by atoms with van der Waals surface area (Å²) in [7, 11) is -0.541. The van der Waals surface area contributed by atoms with E-state index >= 15 is 0 Å². The van der Waals surface area contributed by atoms with Crippen LogP contribution in [0.5, 0.6) is 0 Å². The molecule has 1 aliphatic heterocycles. The summed E-state index contributed by atoms with van der Waals surface area (Å²) >= 11 is 4.28. The average molecular weight is 312 g/mol. The second kappa shape index (κ2) is 5.74.